The van der Waals surface area contributed by atoms with Crippen LogP contribution in [0.2, 0.25) is 0 Å². The van der Waals surface area contributed by atoms with Gasteiger partial charge >= 0.3 is 0 Å². The Bertz CT molecular complexity index is 2300. The van der Waals surface area contributed by atoms with E-state index in [2.05, 4.69) is 52.4 Å². The molecule has 0 saturated heterocycles. The van der Waals surface area contributed by atoms with E-state index in [9.17, 15) is 28.5 Å². The Balaban J connectivity index is 1.59. The summed E-state index contributed by atoms with van der Waals surface area (Å²) in [5.74, 6) is -1.68. The van der Waals surface area contributed by atoms with E-state index < -0.39 is 21.6 Å². The van der Waals surface area contributed by atoms with Gasteiger partial charge in [0.05, 0.1) is 45.5 Å². The maximum atomic E-state index is 14.6. The standard InChI is InChI=1S/C54H74N4O6S/c1-5-9-13-15-17-25-32-57(39-41-27-21-19-22-28-41)43-35-45(55-31-11-7-3)49(47(59)37-43)51-53(61)52(54(51)62)50-46(56-65(63,64)34-12-8-4)36-44(38-48(50)60)58(33-26-18-16-14-10-6-2)40-42-29-23-20-24-30-42/h19-24,27-30,35-38H,5-18,25-26,31-34,39-40H2,1-4H3,(H4,55,56,59,60,61,62)/p+1. The zero-order valence-corrected chi connectivity index (χ0v) is 40.3. The molecule has 0 spiro atoms. The molecule has 0 saturated carbocycles. The van der Waals surface area contributed by atoms with Crippen LogP contribution in [0, 0.1) is 0 Å². The fourth-order valence-corrected chi connectivity index (χ4v) is 9.79. The van der Waals surface area contributed by atoms with E-state index in [-0.39, 0.29) is 45.2 Å². The molecule has 0 aliphatic heterocycles. The third kappa shape index (κ3) is 14.6. The maximum absolute atomic E-state index is 14.6. The van der Waals surface area contributed by atoms with Crippen molar-refractivity contribution in [3.8, 4) is 5.75 Å². The number of nitrogens with one attached hydrogen (secondary N) is 2. The van der Waals surface area contributed by atoms with Crippen molar-refractivity contribution in [1.82, 2.24) is 5.32 Å². The lowest BCUT2D eigenvalue weighted by Gasteiger charge is -2.30. The molecule has 3 aromatic rings. The molecular weight excluding hydrogens is 833 g/mol. The molecule has 0 amide bonds. The number of carbonyl (C=O) groups excluding carboxylic acids is 1. The molecule has 352 valence electrons. The molecule has 0 radical (unpaired) electrons. The summed E-state index contributed by atoms with van der Waals surface area (Å²) < 4.78 is 32.1. The predicted octanol–water partition coefficient (Wildman–Crippen LogP) is 12.2. The predicted molar refractivity (Wildman–Crippen MR) is 268 cm³/mol. The molecule has 5 N–H and O–H groups in total. The second-order valence-electron chi connectivity index (χ2n) is 17.6. The summed E-state index contributed by atoms with van der Waals surface area (Å²) in [6.45, 7) is 11.6. The van der Waals surface area contributed by atoms with E-state index in [1.807, 2.05) is 61.5 Å². The van der Waals surface area contributed by atoms with Crippen molar-refractivity contribution in [2.45, 2.75) is 144 Å². The third-order valence-electron chi connectivity index (χ3n) is 12.2. The molecule has 5 rings (SSSR count). The largest absolute Gasteiger partial charge is 0.507 e. The van der Waals surface area contributed by atoms with Crippen LogP contribution >= 0.6 is 0 Å². The monoisotopic (exact) mass is 908 g/mol. The molecule has 2 aliphatic rings. The highest BCUT2D eigenvalue weighted by Crippen LogP contribution is 2.48. The minimum absolute atomic E-state index is 0.0122. The highest BCUT2D eigenvalue weighted by atomic mass is 32.2. The quantitative estimate of drug-likeness (QED) is 0.0263. The summed E-state index contributed by atoms with van der Waals surface area (Å²) in [5.41, 5.74) is 3.86. The molecule has 0 fully saturated rings. The average Bonchev–Trinajstić information content (AvgIpc) is 3.29. The molecule has 2 aliphatic carbocycles. The Morgan fingerprint density at radius 3 is 1.88 bits per heavy atom. The van der Waals surface area contributed by atoms with Gasteiger partial charge in [0.25, 0.3) is 0 Å². The first-order chi connectivity index (χ1) is 31.5. The summed E-state index contributed by atoms with van der Waals surface area (Å²) >= 11 is 0. The number of sulfonamides is 1. The SMILES string of the molecule is CCCCCCCCN(Cc1ccccc1)c1cc(O)c(C2=C(O)C(=C3C(O)=CC(=[N+](CCCCCCCC)Cc4ccccc4)C=C3NCCCC)C2=O)c(NS(=O)(=O)CCCC)c1. The number of carbonyl (C=O) groups is 1. The molecule has 0 atom stereocenters. The van der Waals surface area contributed by atoms with Crippen LogP contribution < -0.4 is 14.9 Å². The molecule has 3 aromatic carbocycles. The Kier molecular flexibility index (Phi) is 20.3. The molecular formula is C54H75N4O6S+. The Morgan fingerprint density at radius 1 is 0.646 bits per heavy atom. The average molecular weight is 908 g/mol. The number of aliphatic hydroxyl groups excluding tert-OH is 2. The number of hydrogen-bond acceptors (Lipinski definition) is 8. The second kappa shape index (κ2) is 26.0. The van der Waals surface area contributed by atoms with E-state index >= 15 is 0 Å². The number of Topliss-reactive ketones (excluding diaryl/α,β-unsaturated/α-hetero) is 1. The lowest BCUT2D eigenvalue weighted by Crippen LogP contribution is -2.31. The maximum Gasteiger partial charge on any atom is 0.232 e. The van der Waals surface area contributed by atoms with Gasteiger partial charge in [0.15, 0.2) is 6.54 Å². The van der Waals surface area contributed by atoms with Gasteiger partial charge in [-0.05, 0) is 37.3 Å². The zero-order valence-electron chi connectivity index (χ0n) is 39.5. The Hall–Kier alpha value is -5.29. The number of hydrogen-bond donors (Lipinski definition) is 5. The molecule has 0 heterocycles. The lowest BCUT2D eigenvalue weighted by atomic mass is 9.78. The van der Waals surface area contributed by atoms with Crippen molar-refractivity contribution in [3.63, 3.8) is 0 Å². The van der Waals surface area contributed by atoms with Gasteiger partial charge in [-0.1, -0.05) is 159 Å². The number of unbranched alkanes of at least 4 members (excludes halogenated alkanes) is 12. The van der Waals surface area contributed by atoms with E-state index in [4.69, 9.17) is 0 Å². The highest BCUT2D eigenvalue weighted by Gasteiger charge is 2.43. The van der Waals surface area contributed by atoms with E-state index in [1.165, 1.54) is 38.5 Å². The molecule has 0 unspecified atom stereocenters. The van der Waals surface area contributed by atoms with Crippen LogP contribution in [-0.4, -0.2) is 65.2 Å². The first-order valence-electron chi connectivity index (χ1n) is 24.4. The van der Waals surface area contributed by atoms with Crippen LogP contribution in [0.25, 0.3) is 5.57 Å². The first kappa shape index (κ1) is 50.7. The van der Waals surface area contributed by atoms with Gasteiger partial charge in [0.2, 0.25) is 21.5 Å². The van der Waals surface area contributed by atoms with E-state index in [0.717, 1.165) is 74.7 Å². The minimum Gasteiger partial charge on any atom is -0.507 e. The van der Waals surface area contributed by atoms with Crippen LogP contribution in [0.15, 0.2) is 113 Å². The van der Waals surface area contributed by atoms with Gasteiger partial charge in [0.1, 0.15) is 23.8 Å². The van der Waals surface area contributed by atoms with Crippen molar-refractivity contribution < 1.29 is 33.1 Å². The number of aliphatic hydroxyl groups is 2. The summed E-state index contributed by atoms with van der Waals surface area (Å²) in [7, 11) is -3.92. The summed E-state index contributed by atoms with van der Waals surface area (Å²) in [4.78, 5) is 16.7. The summed E-state index contributed by atoms with van der Waals surface area (Å²) in [6.07, 6.45) is 19.9. The van der Waals surface area contributed by atoms with Crippen molar-refractivity contribution >= 4 is 38.5 Å². The second-order valence-corrected chi connectivity index (χ2v) is 19.4. The van der Waals surface area contributed by atoms with Gasteiger partial charge in [-0.2, -0.15) is 0 Å². The van der Waals surface area contributed by atoms with E-state index in [1.54, 1.807) is 18.2 Å². The third-order valence-corrected chi connectivity index (χ3v) is 13.6. The number of rotatable bonds is 29. The number of nitrogens with zero attached hydrogens (tertiary/aromatic N) is 2. The fraction of sp³-hybridized carbons (Fsp3) is 0.481. The normalized spacial score (nSPS) is 16.0. The first-order valence-corrected chi connectivity index (χ1v) is 26.1. The molecule has 0 aromatic heterocycles. The smallest absolute Gasteiger partial charge is 0.232 e. The van der Waals surface area contributed by atoms with E-state index in [0.29, 0.717) is 50.4 Å². The van der Waals surface area contributed by atoms with Crippen molar-refractivity contribution in [3.05, 3.63) is 130 Å². The Morgan fingerprint density at radius 2 is 1.25 bits per heavy atom. The zero-order chi connectivity index (χ0) is 46.6. The Labute approximate surface area is 389 Å². The number of allylic oxidation sites excluding steroid dienone is 4. The van der Waals surface area contributed by atoms with Crippen molar-refractivity contribution in [1.29, 1.82) is 0 Å². The lowest BCUT2D eigenvalue weighted by molar-refractivity contribution is -0.543. The summed E-state index contributed by atoms with van der Waals surface area (Å²) in [6, 6.07) is 23.4. The molecule has 10 nitrogen and oxygen atoms in total. The number of ketones is 1. The van der Waals surface area contributed by atoms with Crippen molar-refractivity contribution in [2.75, 3.05) is 35.0 Å². The van der Waals surface area contributed by atoms with Crippen LogP contribution in [0.3, 0.4) is 0 Å². The van der Waals surface area contributed by atoms with Gasteiger partial charge in [-0.25, -0.2) is 13.0 Å². The number of phenolic OH excluding ortho intramolecular Hbond substituents is 1. The number of anilines is 2. The van der Waals surface area contributed by atoms with Gasteiger partial charge in [0, 0.05) is 49.4 Å². The van der Waals surface area contributed by atoms with Crippen molar-refractivity contribution in [2.24, 2.45) is 0 Å². The fourth-order valence-electron chi connectivity index (χ4n) is 8.53. The molecule has 11 heteroatoms. The van der Waals surface area contributed by atoms with Gasteiger partial charge in [-0.3, -0.25) is 9.52 Å². The van der Waals surface area contributed by atoms with Crippen LogP contribution in [-0.2, 0) is 27.9 Å². The number of phenols is 1. The summed E-state index contributed by atoms with van der Waals surface area (Å²) in [5, 5.41) is 39.3. The van der Waals surface area contributed by atoms with Gasteiger partial charge < -0.3 is 25.5 Å². The van der Waals surface area contributed by atoms with Crippen LogP contribution in [0.1, 0.15) is 147 Å². The highest BCUT2D eigenvalue weighted by molar-refractivity contribution is 7.92. The number of benzene rings is 3. The van der Waals surface area contributed by atoms with Crippen LogP contribution in [0.4, 0.5) is 11.4 Å². The molecule has 65 heavy (non-hydrogen) atoms. The molecule has 0 bridgehead atoms. The van der Waals surface area contributed by atoms with Crippen LogP contribution in [0.5, 0.6) is 5.75 Å². The van der Waals surface area contributed by atoms with Gasteiger partial charge in [-0.15, -0.1) is 0 Å². The topological polar surface area (TPSA) is 142 Å². The minimum atomic E-state index is -3.92. The number of aromatic hydroxyl groups is 1.